The van der Waals surface area contributed by atoms with Crippen molar-refractivity contribution in [1.29, 1.82) is 0 Å². The van der Waals surface area contributed by atoms with Gasteiger partial charge >= 0.3 is 0 Å². The smallest absolute Gasteiger partial charge is 0.246 e. The molecule has 0 aliphatic heterocycles. The Labute approximate surface area is 145 Å². The second-order valence-electron chi connectivity index (χ2n) is 6.18. The summed E-state index contributed by atoms with van der Waals surface area (Å²) in [4.78, 5) is 12.4. The number of rotatable bonds is 4. The highest BCUT2D eigenvalue weighted by Gasteiger charge is 2.16. The fraction of sp³-hybridized carbons (Fsp3) is 0.316. The third-order valence-electron chi connectivity index (χ3n) is 4.26. The van der Waals surface area contributed by atoms with Gasteiger partial charge in [0.15, 0.2) is 0 Å². The van der Waals surface area contributed by atoms with Crippen LogP contribution in [0.15, 0.2) is 40.9 Å². The van der Waals surface area contributed by atoms with Gasteiger partial charge in [0, 0.05) is 10.2 Å². The molecule has 1 atom stereocenters. The average Bonchev–Trinajstić information content (AvgIpc) is 2.97. The summed E-state index contributed by atoms with van der Waals surface area (Å²) in [6, 6.07) is 12.0. The lowest BCUT2D eigenvalue weighted by Gasteiger charge is -2.17. The average molecular weight is 373 g/mol. The maximum Gasteiger partial charge on any atom is 0.246 e. The summed E-state index contributed by atoms with van der Waals surface area (Å²) in [6.07, 6.45) is 3.55. The van der Waals surface area contributed by atoms with Crippen LogP contribution in [0.25, 0.3) is 0 Å². The minimum atomic E-state index is -0.303. The van der Waals surface area contributed by atoms with E-state index < -0.39 is 0 Å². The number of nitrogens with one attached hydrogen (secondary N) is 2. The number of carbonyl (C=O) groups excluding carboxylic acids is 1. The molecule has 0 aromatic heterocycles. The molecule has 0 spiro atoms. The first kappa shape index (κ1) is 16.1. The molecule has 2 N–H and O–H groups in total. The fourth-order valence-corrected chi connectivity index (χ4v) is 3.53. The molecule has 1 amide bonds. The van der Waals surface area contributed by atoms with Crippen LogP contribution in [0, 0.1) is 6.92 Å². The molecule has 1 aliphatic carbocycles. The number of amides is 1. The molecule has 0 bridgehead atoms. The molecular weight excluding hydrogens is 352 g/mol. The summed E-state index contributed by atoms with van der Waals surface area (Å²) >= 11 is 3.49. The van der Waals surface area contributed by atoms with Gasteiger partial charge in [-0.2, -0.15) is 0 Å². The number of fused-ring (bicyclic) bond motifs is 1. The van der Waals surface area contributed by atoms with E-state index in [9.17, 15) is 4.79 Å². The van der Waals surface area contributed by atoms with E-state index in [1.807, 2.05) is 32.0 Å². The highest BCUT2D eigenvalue weighted by Crippen LogP contribution is 2.26. The van der Waals surface area contributed by atoms with E-state index in [1.54, 1.807) is 0 Å². The monoisotopic (exact) mass is 372 g/mol. The van der Waals surface area contributed by atoms with Gasteiger partial charge in [0.25, 0.3) is 0 Å². The molecule has 2 aromatic carbocycles. The maximum atomic E-state index is 12.4. The highest BCUT2D eigenvalue weighted by molar-refractivity contribution is 9.10. The van der Waals surface area contributed by atoms with E-state index in [-0.39, 0.29) is 11.9 Å². The standard InChI is InChI=1S/C19H21BrN2O/c1-12-6-9-18(17(20)10-12)22-19(23)13(2)21-16-8-7-14-4-3-5-15(14)11-16/h6-11,13,21H,3-5H2,1-2H3,(H,22,23)/t13-/m1/s1. The van der Waals surface area contributed by atoms with Crippen LogP contribution in [0.1, 0.15) is 30.0 Å². The van der Waals surface area contributed by atoms with Crippen LogP contribution >= 0.6 is 15.9 Å². The lowest BCUT2D eigenvalue weighted by molar-refractivity contribution is -0.116. The molecule has 1 aliphatic rings. The van der Waals surface area contributed by atoms with Crippen LogP contribution in [0.2, 0.25) is 0 Å². The number of carbonyl (C=O) groups is 1. The first-order valence-corrected chi connectivity index (χ1v) is 8.77. The summed E-state index contributed by atoms with van der Waals surface area (Å²) in [5, 5.41) is 6.26. The molecule has 0 radical (unpaired) electrons. The van der Waals surface area contributed by atoms with Crippen LogP contribution in [-0.2, 0) is 17.6 Å². The number of halogens is 1. The van der Waals surface area contributed by atoms with Gasteiger partial charge in [-0.05, 0) is 90.0 Å². The molecule has 0 fully saturated rings. The summed E-state index contributed by atoms with van der Waals surface area (Å²) in [6.45, 7) is 3.90. The van der Waals surface area contributed by atoms with Gasteiger partial charge in [-0.3, -0.25) is 4.79 Å². The quantitative estimate of drug-likeness (QED) is 0.817. The Bertz CT molecular complexity index is 742. The van der Waals surface area contributed by atoms with Crippen molar-refractivity contribution < 1.29 is 4.79 Å². The number of benzene rings is 2. The number of anilines is 2. The van der Waals surface area contributed by atoms with Gasteiger partial charge in [-0.15, -0.1) is 0 Å². The van der Waals surface area contributed by atoms with Crippen LogP contribution in [0.4, 0.5) is 11.4 Å². The molecule has 120 valence electrons. The lowest BCUT2D eigenvalue weighted by Crippen LogP contribution is -2.32. The van der Waals surface area contributed by atoms with Crippen molar-refractivity contribution in [3.05, 3.63) is 57.6 Å². The van der Waals surface area contributed by atoms with Gasteiger partial charge in [-0.25, -0.2) is 0 Å². The Morgan fingerprint density at radius 1 is 1.13 bits per heavy atom. The van der Waals surface area contributed by atoms with E-state index in [0.717, 1.165) is 27.8 Å². The van der Waals surface area contributed by atoms with E-state index in [4.69, 9.17) is 0 Å². The lowest BCUT2D eigenvalue weighted by atomic mass is 10.1. The van der Waals surface area contributed by atoms with Crippen molar-refractivity contribution in [1.82, 2.24) is 0 Å². The SMILES string of the molecule is Cc1ccc(NC(=O)[C@@H](C)Nc2ccc3c(c2)CCC3)c(Br)c1. The Balaban J connectivity index is 1.65. The minimum Gasteiger partial charge on any atom is -0.374 e. The van der Waals surface area contributed by atoms with E-state index in [1.165, 1.54) is 24.0 Å². The van der Waals surface area contributed by atoms with E-state index in [0.29, 0.717) is 0 Å². The largest absolute Gasteiger partial charge is 0.374 e. The number of aryl methyl sites for hydroxylation is 3. The van der Waals surface area contributed by atoms with Crippen molar-refractivity contribution in [2.24, 2.45) is 0 Å². The third-order valence-corrected chi connectivity index (χ3v) is 4.91. The van der Waals surface area contributed by atoms with Crippen LogP contribution in [-0.4, -0.2) is 11.9 Å². The molecule has 0 heterocycles. The number of hydrogen-bond donors (Lipinski definition) is 2. The first-order valence-electron chi connectivity index (χ1n) is 7.98. The third kappa shape index (κ3) is 3.75. The van der Waals surface area contributed by atoms with Crippen molar-refractivity contribution in [2.75, 3.05) is 10.6 Å². The molecule has 23 heavy (non-hydrogen) atoms. The Hall–Kier alpha value is -1.81. The summed E-state index contributed by atoms with van der Waals surface area (Å²) in [7, 11) is 0. The second kappa shape index (κ2) is 6.75. The zero-order valence-electron chi connectivity index (χ0n) is 13.4. The first-order chi connectivity index (χ1) is 11.0. The molecule has 0 unspecified atom stereocenters. The van der Waals surface area contributed by atoms with Crippen molar-refractivity contribution >= 4 is 33.2 Å². The zero-order valence-corrected chi connectivity index (χ0v) is 15.0. The van der Waals surface area contributed by atoms with Crippen molar-refractivity contribution in [2.45, 2.75) is 39.2 Å². The van der Waals surface area contributed by atoms with Crippen LogP contribution < -0.4 is 10.6 Å². The predicted octanol–water partition coefficient (Wildman–Crippen LogP) is 4.69. The van der Waals surface area contributed by atoms with Crippen LogP contribution in [0.5, 0.6) is 0 Å². The Morgan fingerprint density at radius 3 is 2.70 bits per heavy atom. The predicted molar refractivity (Wildman–Crippen MR) is 99.1 cm³/mol. The summed E-state index contributed by atoms with van der Waals surface area (Å²) < 4.78 is 0.899. The molecule has 0 saturated heterocycles. The van der Waals surface area contributed by atoms with Gasteiger partial charge in [0.05, 0.1) is 5.69 Å². The fourth-order valence-electron chi connectivity index (χ4n) is 2.94. The Morgan fingerprint density at radius 2 is 1.91 bits per heavy atom. The topological polar surface area (TPSA) is 41.1 Å². The van der Waals surface area contributed by atoms with Gasteiger partial charge < -0.3 is 10.6 Å². The molecule has 0 saturated carbocycles. The van der Waals surface area contributed by atoms with Crippen molar-refractivity contribution in [3.8, 4) is 0 Å². The molecule has 3 nitrogen and oxygen atoms in total. The van der Waals surface area contributed by atoms with Gasteiger partial charge in [-0.1, -0.05) is 12.1 Å². The highest BCUT2D eigenvalue weighted by atomic mass is 79.9. The molecule has 3 rings (SSSR count). The van der Waals surface area contributed by atoms with Gasteiger partial charge in [0.2, 0.25) is 5.91 Å². The number of hydrogen-bond acceptors (Lipinski definition) is 2. The molecule has 2 aromatic rings. The summed E-state index contributed by atoms with van der Waals surface area (Å²) in [5.74, 6) is -0.0462. The van der Waals surface area contributed by atoms with E-state index >= 15 is 0 Å². The molecule has 4 heteroatoms. The normalized spacial score (nSPS) is 14.2. The second-order valence-corrected chi connectivity index (χ2v) is 7.03. The minimum absolute atomic E-state index is 0.0462. The Kier molecular flexibility index (Phi) is 4.71. The molecular formula is C19H21BrN2O. The van der Waals surface area contributed by atoms with Crippen LogP contribution in [0.3, 0.4) is 0 Å². The zero-order chi connectivity index (χ0) is 16.4. The van der Waals surface area contributed by atoms with Crippen molar-refractivity contribution in [3.63, 3.8) is 0 Å². The van der Waals surface area contributed by atoms with Gasteiger partial charge in [0.1, 0.15) is 6.04 Å². The summed E-state index contributed by atoms with van der Waals surface area (Å²) in [5.41, 5.74) is 5.80. The maximum absolute atomic E-state index is 12.4. The van der Waals surface area contributed by atoms with E-state index in [2.05, 4.69) is 44.8 Å².